The molecule has 0 saturated carbocycles. The van der Waals surface area contributed by atoms with Crippen LogP contribution in [0.4, 0.5) is 11.4 Å². The Morgan fingerprint density at radius 3 is 1.30 bits per heavy atom. The summed E-state index contributed by atoms with van der Waals surface area (Å²) in [6.07, 6.45) is 0. The lowest BCUT2D eigenvalue weighted by Crippen LogP contribution is -2.15. The summed E-state index contributed by atoms with van der Waals surface area (Å²) in [4.78, 5) is 0.969. The second-order valence-electron chi connectivity index (χ2n) is 6.58. The summed E-state index contributed by atoms with van der Waals surface area (Å²) in [6, 6.07) is 6.49. The number of hydrogen-bond donors (Lipinski definition) is 0. The molecule has 1 rings (SSSR count). The van der Waals surface area contributed by atoms with Crippen molar-refractivity contribution in [2.45, 2.75) is 52.6 Å². The van der Waals surface area contributed by atoms with Crippen LogP contribution in [0.2, 0.25) is 0 Å². The van der Waals surface area contributed by atoms with Crippen molar-refractivity contribution in [1.82, 2.24) is 0 Å². The minimum atomic E-state index is -0.524. The van der Waals surface area contributed by atoms with Gasteiger partial charge in [-0.3, -0.25) is 0 Å². The highest BCUT2D eigenvalue weighted by atomic mass is 16.5. The Hall–Kier alpha value is -1.98. The molecular weight excluding hydrogens is 256 g/mol. The minimum absolute atomic E-state index is 0.186. The van der Waals surface area contributed by atoms with Gasteiger partial charge >= 0.3 is 11.4 Å². The van der Waals surface area contributed by atoms with E-state index >= 15 is 0 Å². The highest BCUT2D eigenvalue weighted by Crippen LogP contribution is 2.28. The van der Waals surface area contributed by atoms with E-state index in [1.165, 1.54) is 0 Å². The minimum Gasteiger partial charge on any atom is -0.594 e. The van der Waals surface area contributed by atoms with Crippen LogP contribution in [0.1, 0.15) is 41.5 Å². The molecule has 0 aromatic heterocycles. The standard InChI is InChI=1S/C14H22N4O2/c1-13(2,3)15-17(19)11-9-7-8-10-12(11)18(20)16-14(4,5)6/h7-10H,1-6H3. The van der Waals surface area contributed by atoms with E-state index < -0.39 is 11.1 Å². The fraction of sp³-hybridized carbons (Fsp3) is 0.571. The molecule has 110 valence electrons. The van der Waals surface area contributed by atoms with Crippen molar-refractivity contribution >= 4 is 11.4 Å². The number of rotatable bonds is 2. The zero-order valence-electron chi connectivity index (χ0n) is 12.9. The van der Waals surface area contributed by atoms with Gasteiger partial charge in [0.05, 0.1) is 0 Å². The molecule has 0 heterocycles. The molecule has 0 bridgehead atoms. The van der Waals surface area contributed by atoms with Crippen molar-refractivity contribution in [3.63, 3.8) is 0 Å². The van der Waals surface area contributed by atoms with Gasteiger partial charge in [0.1, 0.15) is 11.1 Å². The second kappa shape index (κ2) is 5.56. The van der Waals surface area contributed by atoms with Crippen LogP contribution in [0.5, 0.6) is 0 Å². The molecule has 0 N–H and O–H groups in total. The SMILES string of the molecule is CC(C)(C)N=[N+]([O-])c1ccccc1[N+]([O-])=NC(C)(C)C. The number of nitrogens with zero attached hydrogens (tertiary/aromatic N) is 4. The monoisotopic (exact) mass is 278 g/mol. The highest BCUT2D eigenvalue weighted by Gasteiger charge is 2.24. The van der Waals surface area contributed by atoms with Gasteiger partial charge in [0.2, 0.25) is 0 Å². The molecule has 0 aliphatic carbocycles. The first-order chi connectivity index (χ1) is 8.99. The number of hydrogen-bond acceptors (Lipinski definition) is 4. The molecule has 1 aromatic rings. The maximum atomic E-state index is 12.1. The first kappa shape index (κ1) is 16.1. The van der Waals surface area contributed by atoms with E-state index in [1.54, 1.807) is 24.3 Å². The first-order valence-corrected chi connectivity index (χ1v) is 6.49. The molecule has 0 spiro atoms. The zero-order chi connectivity index (χ0) is 15.6. The van der Waals surface area contributed by atoms with Crippen molar-refractivity contribution < 1.29 is 9.72 Å². The predicted molar refractivity (Wildman–Crippen MR) is 77.4 cm³/mol. The van der Waals surface area contributed by atoms with Crippen molar-refractivity contribution in [2.75, 3.05) is 0 Å². The number of azo groups is 2. The van der Waals surface area contributed by atoms with E-state index in [2.05, 4.69) is 10.2 Å². The molecule has 0 fully saturated rings. The van der Waals surface area contributed by atoms with Crippen molar-refractivity contribution in [1.29, 1.82) is 0 Å². The third-order valence-electron chi connectivity index (χ3n) is 2.08. The van der Waals surface area contributed by atoms with E-state index in [1.807, 2.05) is 41.5 Å². The van der Waals surface area contributed by atoms with Gasteiger partial charge in [-0.1, -0.05) is 12.1 Å². The topological polar surface area (TPSA) is 76.9 Å². The Morgan fingerprint density at radius 2 is 1.05 bits per heavy atom. The Morgan fingerprint density at radius 1 is 0.750 bits per heavy atom. The lowest BCUT2D eigenvalue weighted by Gasteiger charge is -2.12. The molecule has 0 aliphatic heterocycles. The molecular formula is C14H22N4O2. The van der Waals surface area contributed by atoms with E-state index in [4.69, 9.17) is 0 Å². The average Bonchev–Trinajstić information content (AvgIpc) is 2.24. The van der Waals surface area contributed by atoms with Crippen molar-refractivity contribution in [3.8, 4) is 0 Å². The first-order valence-electron chi connectivity index (χ1n) is 6.49. The molecule has 0 amide bonds. The van der Waals surface area contributed by atoms with Crippen LogP contribution in [0, 0.1) is 10.4 Å². The van der Waals surface area contributed by atoms with Gasteiger partial charge in [0.15, 0.2) is 0 Å². The Labute approximate surface area is 119 Å². The van der Waals surface area contributed by atoms with E-state index in [0.717, 1.165) is 0 Å². The maximum Gasteiger partial charge on any atom is 0.318 e. The third kappa shape index (κ3) is 4.95. The molecule has 20 heavy (non-hydrogen) atoms. The van der Waals surface area contributed by atoms with Crippen LogP contribution in [-0.2, 0) is 0 Å². The quantitative estimate of drug-likeness (QED) is 0.454. The summed E-state index contributed by atoms with van der Waals surface area (Å²) in [5, 5.41) is 32.2. The van der Waals surface area contributed by atoms with Gasteiger partial charge in [-0.25, -0.2) is 0 Å². The van der Waals surface area contributed by atoms with Crippen LogP contribution >= 0.6 is 0 Å². The summed E-state index contributed by atoms with van der Waals surface area (Å²) >= 11 is 0. The smallest absolute Gasteiger partial charge is 0.318 e. The van der Waals surface area contributed by atoms with Crippen LogP contribution in [-0.4, -0.2) is 20.8 Å². The lowest BCUT2D eigenvalue weighted by atomic mass is 10.1. The third-order valence-corrected chi connectivity index (χ3v) is 2.08. The normalized spacial score (nSPS) is 14.5. The maximum absolute atomic E-state index is 12.1. The zero-order valence-corrected chi connectivity index (χ0v) is 12.9. The van der Waals surface area contributed by atoms with E-state index in [0.29, 0.717) is 9.72 Å². The summed E-state index contributed by atoms with van der Waals surface area (Å²) in [5.41, 5.74) is -0.677. The molecule has 1 aromatic carbocycles. The Balaban J connectivity index is 3.32. The van der Waals surface area contributed by atoms with Gasteiger partial charge in [-0.2, -0.15) is 0 Å². The fourth-order valence-electron chi connectivity index (χ4n) is 1.44. The van der Waals surface area contributed by atoms with Gasteiger partial charge in [-0.15, -0.1) is 0 Å². The van der Waals surface area contributed by atoms with Crippen molar-refractivity contribution in [3.05, 3.63) is 34.7 Å². The van der Waals surface area contributed by atoms with Gasteiger partial charge < -0.3 is 10.4 Å². The summed E-state index contributed by atoms with van der Waals surface area (Å²) < 4.78 is 0. The largest absolute Gasteiger partial charge is 0.594 e. The molecule has 0 saturated heterocycles. The van der Waals surface area contributed by atoms with Crippen LogP contribution < -0.4 is 0 Å². The lowest BCUT2D eigenvalue weighted by molar-refractivity contribution is -0.484. The van der Waals surface area contributed by atoms with E-state index in [9.17, 15) is 10.4 Å². The van der Waals surface area contributed by atoms with Crippen molar-refractivity contribution in [2.24, 2.45) is 10.2 Å². The van der Waals surface area contributed by atoms with Gasteiger partial charge in [-0.05, 0) is 61.5 Å². The van der Waals surface area contributed by atoms with Gasteiger partial charge in [0.25, 0.3) is 0 Å². The van der Waals surface area contributed by atoms with Gasteiger partial charge in [0, 0.05) is 12.1 Å². The molecule has 0 unspecified atom stereocenters. The van der Waals surface area contributed by atoms with Crippen LogP contribution in [0.15, 0.2) is 34.5 Å². The molecule has 0 aliphatic rings. The molecule has 6 heteroatoms. The highest BCUT2D eigenvalue weighted by molar-refractivity contribution is 5.51. The molecule has 0 radical (unpaired) electrons. The fourth-order valence-corrected chi connectivity index (χ4v) is 1.44. The Bertz CT molecular complexity index is 488. The number of benzene rings is 1. The predicted octanol–water partition coefficient (Wildman–Crippen LogP) is 4.47. The van der Waals surface area contributed by atoms with E-state index in [-0.39, 0.29) is 11.4 Å². The Kier molecular flexibility index (Phi) is 4.47. The molecule has 0 atom stereocenters. The average molecular weight is 278 g/mol. The summed E-state index contributed by atoms with van der Waals surface area (Å²) in [6.45, 7) is 10.9. The summed E-state index contributed by atoms with van der Waals surface area (Å²) in [7, 11) is 0. The second-order valence-corrected chi connectivity index (χ2v) is 6.58. The number of para-hydroxylation sites is 2. The van der Waals surface area contributed by atoms with Crippen LogP contribution in [0.25, 0.3) is 0 Å². The summed E-state index contributed by atoms with van der Waals surface area (Å²) in [5.74, 6) is 0. The molecule has 6 nitrogen and oxygen atoms in total. The van der Waals surface area contributed by atoms with Crippen LogP contribution in [0.3, 0.4) is 0 Å².